The topological polar surface area (TPSA) is 61.6 Å². The third-order valence-corrected chi connectivity index (χ3v) is 4.13. The Balaban J connectivity index is 2.37. The average molecular weight is 306 g/mol. The lowest BCUT2D eigenvalue weighted by Gasteiger charge is -2.10. The van der Waals surface area contributed by atoms with E-state index in [1.807, 2.05) is 0 Å². The standard InChI is InChI=1S/C12H13Cl2NO4/c1-18-10-4-7(3-8-6-12(8,13)14)9(15(16)17)5-11(10)19-2/h4-5,8H,3,6H2,1-2H3/t8-/m1/s1. The zero-order valence-electron chi connectivity index (χ0n) is 10.5. The van der Waals surface area contributed by atoms with Gasteiger partial charge in [-0.1, -0.05) is 0 Å². The van der Waals surface area contributed by atoms with Gasteiger partial charge in [-0.25, -0.2) is 0 Å². The van der Waals surface area contributed by atoms with Gasteiger partial charge in [0.15, 0.2) is 11.5 Å². The number of rotatable bonds is 5. The number of methoxy groups -OCH3 is 2. The number of halogens is 2. The van der Waals surface area contributed by atoms with E-state index in [-0.39, 0.29) is 11.6 Å². The summed E-state index contributed by atoms with van der Waals surface area (Å²) in [5.74, 6) is 0.822. The number of nitrogens with zero attached hydrogens (tertiary/aromatic N) is 1. The minimum absolute atomic E-state index is 0.00585. The molecule has 0 spiro atoms. The largest absolute Gasteiger partial charge is 0.493 e. The van der Waals surface area contributed by atoms with E-state index >= 15 is 0 Å². The molecule has 0 N–H and O–H groups in total. The number of hydrogen-bond acceptors (Lipinski definition) is 4. The van der Waals surface area contributed by atoms with Gasteiger partial charge in [-0.2, -0.15) is 0 Å². The van der Waals surface area contributed by atoms with Crippen molar-refractivity contribution in [2.75, 3.05) is 14.2 Å². The number of nitro groups is 1. The van der Waals surface area contributed by atoms with E-state index in [1.54, 1.807) is 6.07 Å². The predicted molar refractivity (Wildman–Crippen MR) is 72.4 cm³/mol. The molecule has 0 heterocycles. The fourth-order valence-electron chi connectivity index (χ4n) is 2.00. The van der Waals surface area contributed by atoms with Crippen LogP contribution in [-0.4, -0.2) is 23.5 Å². The number of nitro benzene ring substituents is 1. The third-order valence-electron chi connectivity index (χ3n) is 3.20. The molecule has 1 aliphatic rings. The van der Waals surface area contributed by atoms with Crippen LogP contribution in [0.2, 0.25) is 0 Å². The van der Waals surface area contributed by atoms with Crippen LogP contribution in [0.5, 0.6) is 11.5 Å². The molecule has 1 atom stereocenters. The van der Waals surface area contributed by atoms with Crippen molar-refractivity contribution in [3.05, 3.63) is 27.8 Å². The van der Waals surface area contributed by atoms with Crippen molar-refractivity contribution in [1.29, 1.82) is 0 Å². The number of hydrogen-bond donors (Lipinski definition) is 0. The van der Waals surface area contributed by atoms with Gasteiger partial charge in [-0.15, -0.1) is 23.2 Å². The second-order valence-corrected chi connectivity index (χ2v) is 6.00. The average Bonchev–Trinajstić information content (AvgIpc) is 2.95. The van der Waals surface area contributed by atoms with Crippen molar-refractivity contribution in [1.82, 2.24) is 0 Å². The van der Waals surface area contributed by atoms with E-state index < -0.39 is 9.26 Å². The van der Waals surface area contributed by atoms with Crippen molar-refractivity contribution in [2.45, 2.75) is 17.2 Å². The Morgan fingerprint density at radius 2 is 1.89 bits per heavy atom. The summed E-state index contributed by atoms with van der Waals surface area (Å²) in [6, 6.07) is 2.97. The van der Waals surface area contributed by atoms with Crippen molar-refractivity contribution >= 4 is 28.9 Å². The molecule has 0 aliphatic heterocycles. The lowest BCUT2D eigenvalue weighted by Crippen LogP contribution is -2.02. The quantitative estimate of drug-likeness (QED) is 0.475. The van der Waals surface area contributed by atoms with E-state index in [9.17, 15) is 10.1 Å². The van der Waals surface area contributed by atoms with Gasteiger partial charge in [0.25, 0.3) is 5.69 Å². The molecule has 104 valence electrons. The molecule has 0 bridgehead atoms. The molecule has 1 aliphatic carbocycles. The molecule has 0 saturated heterocycles. The van der Waals surface area contributed by atoms with Gasteiger partial charge in [0.2, 0.25) is 0 Å². The Morgan fingerprint density at radius 1 is 1.37 bits per heavy atom. The van der Waals surface area contributed by atoms with Crippen LogP contribution in [0.25, 0.3) is 0 Å². The van der Waals surface area contributed by atoms with Crippen LogP contribution < -0.4 is 9.47 Å². The highest BCUT2D eigenvalue weighted by Gasteiger charge is 2.51. The SMILES string of the molecule is COc1cc(C[C@@H]2CC2(Cl)Cl)c([N+](=O)[O-])cc1OC. The van der Waals surface area contributed by atoms with Gasteiger partial charge in [-0.3, -0.25) is 10.1 Å². The summed E-state index contributed by atoms with van der Waals surface area (Å²) in [7, 11) is 2.92. The first-order valence-corrected chi connectivity index (χ1v) is 6.41. The first-order chi connectivity index (χ1) is 8.89. The van der Waals surface area contributed by atoms with E-state index in [2.05, 4.69) is 0 Å². The van der Waals surface area contributed by atoms with Crippen LogP contribution in [0.1, 0.15) is 12.0 Å². The first kappa shape index (κ1) is 14.2. The molecule has 19 heavy (non-hydrogen) atoms. The van der Waals surface area contributed by atoms with Crippen molar-refractivity contribution in [3.63, 3.8) is 0 Å². The summed E-state index contributed by atoms with van der Waals surface area (Å²) in [5.41, 5.74) is 0.546. The van der Waals surface area contributed by atoms with Crippen LogP contribution in [0.4, 0.5) is 5.69 Å². The normalized spacial score (nSPS) is 19.9. The molecule has 1 fully saturated rings. The van der Waals surface area contributed by atoms with Gasteiger partial charge in [0.05, 0.1) is 25.2 Å². The summed E-state index contributed by atoms with van der Waals surface area (Å²) >= 11 is 11.9. The number of alkyl halides is 2. The summed E-state index contributed by atoms with van der Waals surface area (Å²) in [5, 5.41) is 11.1. The summed E-state index contributed by atoms with van der Waals surface area (Å²) in [4.78, 5) is 10.7. The van der Waals surface area contributed by atoms with E-state index in [4.69, 9.17) is 32.7 Å². The van der Waals surface area contributed by atoms with Gasteiger partial charge >= 0.3 is 0 Å². The molecule has 7 heteroatoms. The van der Waals surface area contributed by atoms with Crippen molar-refractivity contribution in [2.24, 2.45) is 5.92 Å². The Kier molecular flexibility index (Phi) is 3.78. The molecule has 1 aromatic carbocycles. The lowest BCUT2D eigenvalue weighted by molar-refractivity contribution is -0.385. The molecule has 0 radical (unpaired) electrons. The summed E-state index contributed by atoms with van der Waals surface area (Å²) in [6.07, 6.45) is 1.09. The molecule has 0 aromatic heterocycles. The van der Waals surface area contributed by atoms with Gasteiger partial charge in [-0.05, 0) is 24.8 Å². The van der Waals surface area contributed by atoms with Crippen LogP contribution >= 0.6 is 23.2 Å². The van der Waals surface area contributed by atoms with E-state index in [1.165, 1.54) is 20.3 Å². The van der Waals surface area contributed by atoms with E-state index in [0.29, 0.717) is 29.9 Å². The summed E-state index contributed by atoms with van der Waals surface area (Å²) in [6.45, 7) is 0. The van der Waals surface area contributed by atoms with Crippen LogP contribution in [0.15, 0.2) is 12.1 Å². The number of benzene rings is 1. The molecule has 1 aromatic rings. The van der Waals surface area contributed by atoms with Gasteiger partial charge < -0.3 is 9.47 Å². The minimum atomic E-state index is -0.763. The van der Waals surface area contributed by atoms with E-state index in [0.717, 1.165) is 0 Å². The molecular formula is C12H13Cl2NO4. The third kappa shape index (κ3) is 2.87. The Morgan fingerprint density at radius 3 is 2.32 bits per heavy atom. The predicted octanol–water partition coefficient (Wildman–Crippen LogP) is 3.35. The molecule has 5 nitrogen and oxygen atoms in total. The van der Waals surface area contributed by atoms with Crippen LogP contribution in [0.3, 0.4) is 0 Å². The van der Waals surface area contributed by atoms with Gasteiger partial charge in [0, 0.05) is 5.56 Å². The Bertz CT molecular complexity index is 519. The fraction of sp³-hybridized carbons (Fsp3) is 0.500. The Labute approximate surface area is 120 Å². The molecular weight excluding hydrogens is 293 g/mol. The molecule has 0 unspecified atom stereocenters. The molecule has 0 amide bonds. The second kappa shape index (κ2) is 5.06. The molecule has 1 saturated carbocycles. The maximum atomic E-state index is 11.1. The minimum Gasteiger partial charge on any atom is -0.493 e. The zero-order valence-corrected chi connectivity index (χ0v) is 12.0. The van der Waals surface area contributed by atoms with Crippen molar-refractivity contribution in [3.8, 4) is 11.5 Å². The smallest absolute Gasteiger partial charge is 0.276 e. The highest BCUT2D eigenvalue weighted by atomic mass is 35.5. The highest BCUT2D eigenvalue weighted by molar-refractivity contribution is 6.50. The highest BCUT2D eigenvalue weighted by Crippen LogP contribution is 2.55. The lowest BCUT2D eigenvalue weighted by atomic mass is 10.1. The maximum Gasteiger partial charge on any atom is 0.276 e. The second-order valence-electron chi connectivity index (χ2n) is 4.46. The fourth-order valence-corrected chi connectivity index (χ4v) is 2.53. The number of ether oxygens (including phenoxy) is 2. The molecule has 2 rings (SSSR count). The monoisotopic (exact) mass is 305 g/mol. The maximum absolute atomic E-state index is 11.1. The Hall–Kier alpha value is -1.20. The van der Waals surface area contributed by atoms with Crippen LogP contribution in [-0.2, 0) is 6.42 Å². The summed E-state index contributed by atoms with van der Waals surface area (Å²) < 4.78 is 9.45. The van der Waals surface area contributed by atoms with Crippen LogP contribution in [0, 0.1) is 16.0 Å². The zero-order chi connectivity index (χ0) is 14.2. The van der Waals surface area contributed by atoms with Crippen molar-refractivity contribution < 1.29 is 14.4 Å². The first-order valence-electron chi connectivity index (χ1n) is 5.66. The van der Waals surface area contributed by atoms with Gasteiger partial charge in [0.1, 0.15) is 4.33 Å².